The number of amides is 1. The molecule has 0 aliphatic heterocycles. The standard InChI is InChI=1S/C17H23N3O2/c1-12-15(13(2)20(3)19-12)8-6-10-18-17(22)11-14-7-4-5-9-16(14)21/h4-5,7,9,21H,6,8,10-11H2,1-3H3,(H,18,22). The largest absolute Gasteiger partial charge is 0.508 e. The zero-order chi connectivity index (χ0) is 16.1. The van der Waals surface area contributed by atoms with E-state index in [-0.39, 0.29) is 18.1 Å². The first-order valence-corrected chi connectivity index (χ1v) is 7.51. The highest BCUT2D eigenvalue weighted by Crippen LogP contribution is 2.16. The summed E-state index contributed by atoms with van der Waals surface area (Å²) in [5.74, 6) is 0.0976. The lowest BCUT2D eigenvalue weighted by Gasteiger charge is -2.07. The Morgan fingerprint density at radius 3 is 2.68 bits per heavy atom. The van der Waals surface area contributed by atoms with Gasteiger partial charge in [-0.25, -0.2) is 0 Å². The molecule has 5 nitrogen and oxygen atoms in total. The maximum Gasteiger partial charge on any atom is 0.224 e. The molecule has 0 aliphatic carbocycles. The molecule has 2 aromatic rings. The molecule has 0 saturated heterocycles. The Balaban J connectivity index is 1.77. The summed E-state index contributed by atoms with van der Waals surface area (Å²) in [5.41, 5.74) is 4.15. The van der Waals surface area contributed by atoms with E-state index < -0.39 is 0 Å². The van der Waals surface area contributed by atoms with E-state index in [0.29, 0.717) is 12.1 Å². The van der Waals surface area contributed by atoms with Crippen molar-refractivity contribution in [1.82, 2.24) is 15.1 Å². The second-order valence-corrected chi connectivity index (χ2v) is 5.53. The summed E-state index contributed by atoms with van der Waals surface area (Å²) in [5, 5.41) is 16.9. The monoisotopic (exact) mass is 301 g/mol. The topological polar surface area (TPSA) is 67.2 Å². The van der Waals surface area contributed by atoms with Crippen LogP contribution >= 0.6 is 0 Å². The van der Waals surface area contributed by atoms with Gasteiger partial charge in [0.1, 0.15) is 5.75 Å². The summed E-state index contributed by atoms with van der Waals surface area (Å²) in [4.78, 5) is 11.9. The molecule has 1 aromatic carbocycles. The van der Waals surface area contributed by atoms with Crippen LogP contribution in [0, 0.1) is 13.8 Å². The number of nitrogens with zero attached hydrogens (tertiary/aromatic N) is 2. The van der Waals surface area contributed by atoms with Crippen molar-refractivity contribution in [2.24, 2.45) is 7.05 Å². The highest BCUT2D eigenvalue weighted by molar-refractivity contribution is 5.79. The van der Waals surface area contributed by atoms with Crippen molar-refractivity contribution >= 4 is 5.91 Å². The van der Waals surface area contributed by atoms with Crippen molar-refractivity contribution in [2.75, 3.05) is 6.54 Å². The van der Waals surface area contributed by atoms with E-state index in [9.17, 15) is 9.90 Å². The summed E-state index contributed by atoms with van der Waals surface area (Å²) < 4.78 is 1.89. The third-order valence-corrected chi connectivity index (χ3v) is 3.93. The van der Waals surface area contributed by atoms with E-state index in [1.54, 1.807) is 18.2 Å². The van der Waals surface area contributed by atoms with Crippen molar-refractivity contribution in [3.05, 3.63) is 46.8 Å². The number of aromatic hydroxyl groups is 1. The quantitative estimate of drug-likeness (QED) is 0.802. The lowest BCUT2D eigenvalue weighted by atomic mass is 10.1. The van der Waals surface area contributed by atoms with E-state index in [4.69, 9.17) is 0 Å². The van der Waals surface area contributed by atoms with Crippen molar-refractivity contribution in [3.8, 4) is 5.75 Å². The van der Waals surface area contributed by atoms with Gasteiger partial charge in [-0.15, -0.1) is 0 Å². The van der Waals surface area contributed by atoms with Crippen molar-refractivity contribution < 1.29 is 9.90 Å². The van der Waals surface area contributed by atoms with Crippen LogP contribution in [0.3, 0.4) is 0 Å². The molecule has 0 aliphatic rings. The van der Waals surface area contributed by atoms with Crippen LogP contribution in [0.1, 0.15) is 28.9 Å². The minimum Gasteiger partial charge on any atom is -0.508 e. The number of nitrogens with one attached hydrogen (secondary N) is 1. The normalized spacial score (nSPS) is 10.7. The summed E-state index contributed by atoms with van der Waals surface area (Å²) in [7, 11) is 1.94. The number of aryl methyl sites for hydroxylation is 2. The average molecular weight is 301 g/mol. The van der Waals surface area contributed by atoms with Gasteiger partial charge in [0.2, 0.25) is 5.91 Å². The van der Waals surface area contributed by atoms with Crippen molar-refractivity contribution in [2.45, 2.75) is 33.1 Å². The number of para-hydroxylation sites is 1. The molecule has 2 rings (SSSR count). The van der Waals surface area contributed by atoms with Crippen LogP contribution < -0.4 is 5.32 Å². The Morgan fingerprint density at radius 1 is 1.32 bits per heavy atom. The maximum atomic E-state index is 11.9. The molecule has 0 atom stereocenters. The number of carbonyl (C=O) groups is 1. The van der Waals surface area contributed by atoms with Gasteiger partial charge in [-0.3, -0.25) is 9.48 Å². The molecule has 0 unspecified atom stereocenters. The van der Waals surface area contributed by atoms with Gasteiger partial charge in [-0.05, 0) is 38.3 Å². The summed E-state index contributed by atoms with van der Waals surface area (Å²) in [6.07, 6.45) is 1.99. The van der Waals surface area contributed by atoms with Gasteiger partial charge in [0.15, 0.2) is 0 Å². The predicted molar refractivity (Wildman–Crippen MR) is 85.8 cm³/mol. The summed E-state index contributed by atoms with van der Waals surface area (Å²) >= 11 is 0. The number of hydrogen-bond donors (Lipinski definition) is 2. The fraction of sp³-hybridized carbons (Fsp3) is 0.412. The molecule has 0 bridgehead atoms. The third-order valence-electron chi connectivity index (χ3n) is 3.93. The van der Waals surface area contributed by atoms with Crippen LogP contribution in [0.2, 0.25) is 0 Å². The van der Waals surface area contributed by atoms with Gasteiger partial charge in [0.05, 0.1) is 12.1 Å². The summed E-state index contributed by atoms with van der Waals surface area (Å²) in [6.45, 7) is 4.70. The van der Waals surface area contributed by atoms with E-state index in [1.165, 1.54) is 11.3 Å². The third kappa shape index (κ3) is 3.87. The highest BCUT2D eigenvalue weighted by Gasteiger charge is 2.10. The lowest BCUT2D eigenvalue weighted by Crippen LogP contribution is -2.26. The SMILES string of the molecule is Cc1nn(C)c(C)c1CCCNC(=O)Cc1ccccc1O. The van der Waals surface area contributed by atoms with Crippen LogP contribution in [0.5, 0.6) is 5.75 Å². The zero-order valence-electron chi connectivity index (χ0n) is 13.4. The first kappa shape index (κ1) is 16.1. The Kier molecular flexibility index (Phi) is 5.20. The highest BCUT2D eigenvalue weighted by atomic mass is 16.3. The number of phenols is 1. The number of hydrogen-bond acceptors (Lipinski definition) is 3. The zero-order valence-corrected chi connectivity index (χ0v) is 13.4. The number of phenolic OH excluding ortho intramolecular Hbond substituents is 1. The number of benzene rings is 1. The van der Waals surface area contributed by atoms with Gasteiger partial charge >= 0.3 is 0 Å². The van der Waals surface area contributed by atoms with E-state index >= 15 is 0 Å². The van der Waals surface area contributed by atoms with Crippen LogP contribution in [-0.2, 0) is 24.7 Å². The van der Waals surface area contributed by atoms with Crippen LogP contribution in [0.25, 0.3) is 0 Å². The van der Waals surface area contributed by atoms with E-state index in [2.05, 4.69) is 17.3 Å². The number of carbonyl (C=O) groups excluding carboxylic acids is 1. The smallest absolute Gasteiger partial charge is 0.224 e. The summed E-state index contributed by atoms with van der Waals surface area (Å²) in [6, 6.07) is 6.92. The van der Waals surface area contributed by atoms with E-state index in [0.717, 1.165) is 18.5 Å². The second-order valence-electron chi connectivity index (χ2n) is 5.53. The first-order chi connectivity index (χ1) is 10.5. The Bertz CT molecular complexity index is 662. The van der Waals surface area contributed by atoms with Gasteiger partial charge in [0, 0.05) is 24.8 Å². The molecule has 1 aromatic heterocycles. The molecular weight excluding hydrogens is 278 g/mol. The molecule has 22 heavy (non-hydrogen) atoms. The molecule has 0 fully saturated rings. The van der Waals surface area contributed by atoms with Gasteiger partial charge in [0.25, 0.3) is 0 Å². The molecule has 0 saturated carbocycles. The Hall–Kier alpha value is -2.30. The van der Waals surface area contributed by atoms with Gasteiger partial charge in [-0.2, -0.15) is 5.10 Å². The van der Waals surface area contributed by atoms with E-state index in [1.807, 2.05) is 24.7 Å². The molecule has 5 heteroatoms. The fourth-order valence-corrected chi connectivity index (χ4v) is 2.57. The molecule has 0 spiro atoms. The van der Waals surface area contributed by atoms with Crippen molar-refractivity contribution in [3.63, 3.8) is 0 Å². The molecule has 2 N–H and O–H groups in total. The lowest BCUT2D eigenvalue weighted by molar-refractivity contribution is -0.120. The van der Waals surface area contributed by atoms with Crippen LogP contribution in [0.15, 0.2) is 24.3 Å². The molecule has 1 amide bonds. The fourth-order valence-electron chi connectivity index (χ4n) is 2.57. The maximum absolute atomic E-state index is 11.9. The molecule has 118 valence electrons. The van der Waals surface area contributed by atoms with Crippen LogP contribution in [0.4, 0.5) is 0 Å². The van der Waals surface area contributed by atoms with Gasteiger partial charge in [-0.1, -0.05) is 18.2 Å². The van der Waals surface area contributed by atoms with Crippen LogP contribution in [-0.4, -0.2) is 27.3 Å². The number of rotatable bonds is 6. The van der Waals surface area contributed by atoms with Gasteiger partial charge < -0.3 is 10.4 Å². The molecule has 0 radical (unpaired) electrons. The molecular formula is C17H23N3O2. The first-order valence-electron chi connectivity index (χ1n) is 7.51. The van der Waals surface area contributed by atoms with Crippen molar-refractivity contribution in [1.29, 1.82) is 0 Å². The predicted octanol–water partition coefficient (Wildman–Crippen LogP) is 2.03. The Morgan fingerprint density at radius 2 is 2.05 bits per heavy atom. The minimum absolute atomic E-state index is 0.0684. The second kappa shape index (κ2) is 7.11. The minimum atomic E-state index is -0.0684. The molecule has 1 heterocycles. The number of aromatic nitrogens is 2. The average Bonchev–Trinajstić information content (AvgIpc) is 2.72. The Labute approximate surface area is 131 Å².